The molecule has 1 aromatic heterocycles. The second-order valence-electron chi connectivity index (χ2n) is 15.3. The maximum Gasteiger partial charge on any atom is 0.321 e. The van der Waals surface area contributed by atoms with E-state index in [1.807, 2.05) is 101 Å². The molecule has 290 valence electrons. The molecule has 2 unspecified atom stereocenters. The van der Waals surface area contributed by atoms with Gasteiger partial charge in [-0.05, 0) is 53.1 Å². The van der Waals surface area contributed by atoms with Gasteiger partial charge < -0.3 is 30.0 Å². The van der Waals surface area contributed by atoms with Gasteiger partial charge in [-0.1, -0.05) is 101 Å². The van der Waals surface area contributed by atoms with Crippen molar-refractivity contribution in [1.82, 2.24) is 29.0 Å². The summed E-state index contributed by atoms with van der Waals surface area (Å²) in [4.78, 5) is 36.5. The van der Waals surface area contributed by atoms with Crippen LogP contribution in [0.2, 0.25) is 0 Å². The molecule has 14 heteroatoms. The number of imidazole rings is 1. The Labute approximate surface area is 318 Å². The van der Waals surface area contributed by atoms with Crippen molar-refractivity contribution < 1.29 is 28.3 Å². The van der Waals surface area contributed by atoms with Crippen LogP contribution in [0.4, 0.5) is 4.79 Å². The summed E-state index contributed by atoms with van der Waals surface area (Å²) in [7, 11) is -2.18. The van der Waals surface area contributed by atoms with Crippen LogP contribution < -0.4 is 5.32 Å². The largest absolute Gasteiger partial charge is 0.411 e. The number of nitrogens with zero attached hydrogens (tertiary/aromatic N) is 6. The van der Waals surface area contributed by atoms with E-state index >= 15 is 0 Å². The molecule has 0 bridgehead atoms. The molecular weight excluding hydrogens is 707 g/mol. The summed E-state index contributed by atoms with van der Waals surface area (Å²) in [5.41, 5.74) is 2.71. The number of aliphatic hydroxyl groups excluding tert-OH is 1. The van der Waals surface area contributed by atoms with Crippen LogP contribution in [0, 0.1) is 11.3 Å². The Morgan fingerprint density at radius 2 is 1.70 bits per heavy atom. The van der Waals surface area contributed by atoms with Gasteiger partial charge in [0.2, 0.25) is 15.9 Å². The van der Waals surface area contributed by atoms with Gasteiger partial charge in [0.1, 0.15) is 11.9 Å². The second-order valence-corrected chi connectivity index (χ2v) is 17.3. The number of sulfonamides is 1. The molecule has 4 aromatic rings. The van der Waals surface area contributed by atoms with Crippen molar-refractivity contribution in [2.24, 2.45) is 23.5 Å². The van der Waals surface area contributed by atoms with Gasteiger partial charge >= 0.3 is 6.03 Å². The first-order valence-corrected chi connectivity index (χ1v) is 19.8. The number of oxime groups is 1. The van der Waals surface area contributed by atoms with E-state index in [0.29, 0.717) is 31.6 Å². The topological polar surface area (TPSA) is 161 Å². The first-order chi connectivity index (χ1) is 25.6. The van der Waals surface area contributed by atoms with Gasteiger partial charge in [-0.15, -0.1) is 0 Å². The number of benzene rings is 3. The van der Waals surface area contributed by atoms with E-state index in [1.54, 1.807) is 9.80 Å². The number of nitrogens with one attached hydrogen (secondary N) is 1. The smallest absolute Gasteiger partial charge is 0.321 e. The third kappa shape index (κ3) is 9.46. The molecule has 0 aliphatic carbocycles. The highest BCUT2D eigenvalue weighted by Gasteiger charge is 2.41. The predicted octanol–water partition coefficient (Wildman–Crippen LogP) is 4.86. The van der Waals surface area contributed by atoms with Crippen LogP contribution in [0.1, 0.15) is 58.0 Å². The number of fused-ring (bicyclic) bond motifs is 1. The summed E-state index contributed by atoms with van der Waals surface area (Å²) < 4.78 is 31.4. The van der Waals surface area contributed by atoms with Gasteiger partial charge in [-0.2, -0.15) is 4.31 Å². The van der Waals surface area contributed by atoms with E-state index in [-0.39, 0.29) is 36.4 Å². The highest BCUT2D eigenvalue weighted by Crippen LogP contribution is 2.26. The lowest BCUT2D eigenvalue weighted by Crippen LogP contribution is -2.57. The van der Waals surface area contributed by atoms with E-state index < -0.39 is 39.5 Å². The summed E-state index contributed by atoms with van der Waals surface area (Å²) in [6.07, 6.45) is 0.741. The molecule has 5 rings (SSSR count). The number of para-hydroxylation sites is 2. The maximum atomic E-state index is 14.4. The lowest BCUT2D eigenvalue weighted by molar-refractivity contribution is -0.128. The number of hydrogen-bond acceptors (Lipinski definition) is 8. The fourth-order valence-corrected chi connectivity index (χ4v) is 8.60. The summed E-state index contributed by atoms with van der Waals surface area (Å²) in [5, 5.41) is 26.9. The highest BCUT2D eigenvalue weighted by atomic mass is 32.2. The number of aryl methyl sites for hydroxylation is 1. The van der Waals surface area contributed by atoms with Gasteiger partial charge in [-0.3, -0.25) is 4.79 Å². The monoisotopic (exact) mass is 759 g/mol. The van der Waals surface area contributed by atoms with Gasteiger partial charge in [0.15, 0.2) is 0 Å². The summed E-state index contributed by atoms with van der Waals surface area (Å²) >= 11 is 0. The number of aliphatic hydroxyl groups is 1. The van der Waals surface area contributed by atoms with E-state index in [0.717, 1.165) is 22.4 Å². The highest BCUT2D eigenvalue weighted by molar-refractivity contribution is 7.89. The minimum Gasteiger partial charge on any atom is -0.411 e. The summed E-state index contributed by atoms with van der Waals surface area (Å²) in [6.45, 7) is 10.5. The molecule has 1 aliphatic heterocycles. The van der Waals surface area contributed by atoms with Crippen molar-refractivity contribution in [3.63, 3.8) is 0 Å². The third-order valence-corrected chi connectivity index (χ3v) is 11.8. The van der Waals surface area contributed by atoms with E-state index in [9.17, 15) is 23.1 Å². The fraction of sp³-hybridized carbons (Fsp3) is 0.450. The van der Waals surface area contributed by atoms with E-state index in [1.165, 1.54) is 34.8 Å². The van der Waals surface area contributed by atoms with Crippen molar-refractivity contribution in [1.29, 1.82) is 0 Å². The SMILES string of the molecule is CCC(C)C(C(=O)N[C@@H](Cc1ccccc1)[C@H](O)CN(CC(C)(C)C)S(=O)(=O)c1ccc(/C=N/O)cc1)N1CCN(Cc2nc3ccccc3n2C)C1=O. The van der Waals surface area contributed by atoms with Gasteiger partial charge in [0.05, 0.1) is 40.8 Å². The molecule has 13 nitrogen and oxygen atoms in total. The number of hydrogen-bond donors (Lipinski definition) is 3. The first kappa shape index (κ1) is 40.4. The van der Waals surface area contributed by atoms with Gasteiger partial charge in [0.25, 0.3) is 0 Å². The molecule has 3 amide bonds. The van der Waals surface area contributed by atoms with Crippen LogP contribution in [-0.4, -0.2) is 105 Å². The quantitative estimate of drug-likeness (QED) is 0.0836. The number of rotatable bonds is 16. The number of aromatic nitrogens is 2. The van der Waals surface area contributed by atoms with Crippen LogP contribution in [0.3, 0.4) is 0 Å². The molecular formula is C40H53N7O6S. The zero-order chi connectivity index (χ0) is 39.2. The second kappa shape index (κ2) is 17.1. The Balaban J connectivity index is 1.40. The molecule has 3 aromatic carbocycles. The number of urea groups is 1. The Morgan fingerprint density at radius 1 is 1.04 bits per heavy atom. The molecule has 0 radical (unpaired) electrons. The van der Waals surface area contributed by atoms with Crippen LogP contribution >= 0.6 is 0 Å². The Morgan fingerprint density at radius 3 is 2.33 bits per heavy atom. The first-order valence-electron chi connectivity index (χ1n) is 18.4. The minimum absolute atomic E-state index is 0.0188. The molecule has 4 atom stereocenters. The Kier molecular flexibility index (Phi) is 12.8. The van der Waals surface area contributed by atoms with Crippen molar-refractivity contribution in [3.8, 4) is 0 Å². The normalized spacial score (nSPS) is 16.3. The molecule has 0 spiro atoms. The predicted molar refractivity (Wildman–Crippen MR) is 209 cm³/mol. The molecule has 54 heavy (non-hydrogen) atoms. The average molecular weight is 760 g/mol. The van der Waals surface area contributed by atoms with Crippen LogP contribution in [0.15, 0.2) is 88.9 Å². The van der Waals surface area contributed by atoms with E-state index in [4.69, 9.17) is 10.2 Å². The maximum absolute atomic E-state index is 14.4. The van der Waals surface area contributed by atoms with Gasteiger partial charge in [0, 0.05) is 33.2 Å². The molecule has 1 saturated heterocycles. The summed E-state index contributed by atoms with van der Waals surface area (Å²) in [5.74, 6) is 0.121. The molecule has 1 fully saturated rings. The number of carbonyl (C=O) groups excluding carboxylic acids is 2. The van der Waals surface area contributed by atoms with Crippen LogP contribution in [0.25, 0.3) is 11.0 Å². The Bertz CT molecular complexity index is 2030. The van der Waals surface area contributed by atoms with Crippen LogP contribution in [-0.2, 0) is 34.8 Å². The third-order valence-electron chi connectivity index (χ3n) is 9.98. The minimum atomic E-state index is -4.11. The van der Waals surface area contributed by atoms with E-state index in [2.05, 4.69) is 10.5 Å². The zero-order valence-corrected chi connectivity index (χ0v) is 32.8. The molecule has 1 aliphatic rings. The van der Waals surface area contributed by atoms with Crippen LogP contribution in [0.5, 0.6) is 0 Å². The summed E-state index contributed by atoms with van der Waals surface area (Å²) in [6, 6.07) is 21.1. The average Bonchev–Trinajstić information content (AvgIpc) is 3.65. The zero-order valence-electron chi connectivity index (χ0n) is 32.0. The number of amides is 3. The van der Waals surface area contributed by atoms with Crippen molar-refractivity contribution >= 4 is 39.2 Å². The number of carbonyl (C=O) groups is 2. The lowest BCUT2D eigenvalue weighted by Gasteiger charge is -2.35. The molecule has 3 N–H and O–H groups in total. The standard InChI is InChI=1S/C40H53N7O6S/c1-7-28(2)37(47-22-21-45(39(47)50)26-36-42-32-15-11-12-16-34(32)44(36)6)38(49)43-33(23-29-13-9-8-10-14-29)35(48)25-46(27-40(3,4)5)54(52,53)31-19-17-30(18-20-31)24-41-51/h8-20,24,28,33,35,37,48,51H,7,21-23,25-27H2,1-6H3,(H,43,49)/b41-24+/t28?,33-,35+,37?/m0/s1. The van der Waals surface area contributed by atoms with Crippen molar-refractivity contribution in [2.45, 2.75) is 77.1 Å². The molecule has 2 heterocycles. The van der Waals surface area contributed by atoms with Gasteiger partial charge in [-0.25, -0.2) is 18.2 Å². The van der Waals surface area contributed by atoms with Crippen molar-refractivity contribution in [2.75, 3.05) is 26.2 Å². The lowest BCUT2D eigenvalue weighted by atomic mass is 9.94. The molecule has 0 saturated carbocycles. The fourth-order valence-electron chi connectivity index (χ4n) is 6.92. The Hall–Kier alpha value is -4.79. The van der Waals surface area contributed by atoms with Crippen molar-refractivity contribution in [3.05, 3.63) is 95.8 Å².